The molecule has 2 aromatic rings. The van der Waals surface area contributed by atoms with Crippen LogP contribution in [-0.2, 0) is 0 Å². The average Bonchev–Trinajstić information content (AvgIpc) is 3.10. The van der Waals surface area contributed by atoms with Gasteiger partial charge in [0, 0.05) is 24.4 Å². The number of aromatic nitrogens is 1. The van der Waals surface area contributed by atoms with Crippen LogP contribution >= 0.6 is 11.6 Å². The van der Waals surface area contributed by atoms with Crippen molar-refractivity contribution in [2.45, 2.75) is 18.4 Å². The Morgan fingerprint density at radius 2 is 2.18 bits per heavy atom. The van der Waals surface area contributed by atoms with Gasteiger partial charge in [0.25, 0.3) is 0 Å². The van der Waals surface area contributed by atoms with Crippen molar-refractivity contribution in [1.82, 2.24) is 4.98 Å². The van der Waals surface area contributed by atoms with Crippen molar-refractivity contribution in [3.8, 4) is 11.8 Å². The molecule has 0 radical (unpaired) electrons. The van der Waals surface area contributed by atoms with E-state index in [-0.39, 0.29) is 0 Å². The summed E-state index contributed by atoms with van der Waals surface area (Å²) in [6, 6.07) is 9.66. The molecule has 0 bridgehead atoms. The van der Waals surface area contributed by atoms with E-state index in [2.05, 4.69) is 11.1 Å². The Morgan fingerprint density at radius 1 is 1.35 bits per heavy atom. The van der Waals surface area contributed by atoms with Gasteiger partial charge in [-0.1, -0.05) is 11.6 Å². The molecule has 17 heavy (non-hydrogen) atoms. The fraction of sp³-hybridized carbons (Fsp3) is 0.231. The number of benzene rings is 1. The number of halogens is 1. The largest absolute Gasteiger partial charge is 0.472 e. The van der Waals surface area contributed by atoms with Crippen LogP contribution in [0.4, 0.5) is 0 Å². The third-order valence-electron chi connectivity index (χ3n) is 2.91. The van der Waals surface area contributed by atoms with Gasteiger partial charge in [0.2, 0.25) is 0 Å². The molecule has 0 saturated heterocycles. The minimum atomic E-state index is -0.593. The molecule has 84 valence electrons. The number of rotatable bonds is 2. The smallest absolute Gasteiger partial charge is 0.194 e. The van der Waals surface area contributed by atoms with Gasteiger partial charge in [-0.05, 0) is 29.7 Å². The minimum Gasteiger partial charge on any atom is -0.472 e. The number of fused-ring (bicyclic) bond motifs is 1. The Hall–Kier alpha value is -1.79. The molecule has 3 nitrogen and oxygen atoms in total. The van der Waals surface area contributed by atoms with Crippen LogP contribution in [0, 0.1) is 11.3 Å². The van der Waals surface area contributed by atoms with Crippen molar-refractivity contribution in [2.75, 3.05) is 0 Å². The Kier molecular flexibility index (Phi) is 2.20. The lowest BCUT2D eigenvalue weighted by Crippen LogP contribution is -2.14. The van der Waals surface area contributed by atoms with Crippen LogP contribution in [0.15, 0.2) is 30.5 Å². The first kappa shape index (κ1) is 10.4. The predicted octanol–water partition coefficient (Wildman–Crippen LogP) is 3.32. The van der Waals surface area contributed by atoms with Crippen LogP contribution in [0.1, 0.15) is 12.8 Å². The van der Waals surface area contributed by atoms with Crippen molar-refractivity contribution in [3.63, 3.8) is 0 Å². The van der Waals surface area contributed by atoms with Crippen LogP contribution < -0.4 is 4.74 Å². The Labute approximate surface area is 104 Å². The first-order valence-electron chi connectivity index (χ1n) is 5.37. The fourth-order valence-corrected chi connectivity index (χ4v) is 1.99. The summed E-state index contributed by atoms with van der Waals surface area (Å²) in [5.74, 6) is 0.707. The maximum Gasteiger partial charge on any atom is 0.194 e. The van der Waals surface area contributed by atoms with Crippen LogP contribution in [0.5, 0.6) is 5.75 Å². The van der Waals surface area contributed by atoms with Gasteiger partial charge in [0.15, 0.2) is 5.60 Å². The van der Waals surface area contributed by atoms with Gasteiger partial charge in [-0.3, -0.25) is 0 Å². The molecule has 4 heteroatoms. The highest BCUT2D eigenvalue weighted by atomic mass is 35.5. The van der Waals surface area contributed by atoms with Crippen molar-refractivity contribution in [2.24, 2.45) is 0 Å². The van der Waals surface area contributed by atoms with Gasteiger partial charge in [-0.25, -0.2) is 4.98 Å². The van der Waals surface area contributed by atoms with Crippen LogP contribution in [0.2, 0.25) is 5.15 Å². The van der Waals surface area contributed by atoms with Crippen LogP contribution in [-0.4, -0.2) is 10.6 Å². The number of nitriles is 1. The minimum absolute atomic E-state index is 0.482. The summed E-state index contributed by atoms with van der Waals surface area (Å²) in [7, 11) is 0. The highest BCUT2D eigenvalue weighted by molar-refractivity contribution is 6.34. The third kappa shape index (κ3) is 1.81. The molecule has 0 N–H and O–H groups in total. The molecule has 0 atom stereocenters. The first-order chi connectivity index (χ1) is 8.22. The highest BCUT2D eigenvalue weighted by Crippen LogP contribution is 2.40. The second kappa shape index (κ2) is 3.61. The molecule has 0 unspecified atom stereocenters. The maximum absolute atomic E-state index is 8.97. The molecular weight excluding hydrogens is 236 g/mol. The fourth-order valence-electron chi connectivity index (χ4n) is 1.76. The van der Waals surface area contributed by atoms with E-state index in [1.165, 1.54) is 0 Å². The molecule has 1 aliphatic rings. The van der Waals surface area contributed by atoms with E-state index < -0.39 is 5.60 Å². The van der Waals surface area contributed by atoms with E-state index in [0.29, 0.717) is 10.9 Å². The summed E-state index contributed by atoms with van der Waals surface area (Å²) in [6.07, 6.45) is 3.27. The second-order valence-corrected chi connectivity index (χ2v) is 4.55. The molecule has 1 aromatic heterocycles. The molecule has 0 amide bonds. The third-order valence-corrected chi connectivity index (χ3v) is 3.21. The topological polar surface area (TPSA) is 45.9 Å². The predicted molar refractivity (Wildman–Crippen MR) is 65.0 cm³/mol. The van der Waals surface area contributed by atoms with Crippen LogP contribution in [0.3, 0.4) is 0 Å². The summed E-state index contributed by atoms with van der Waals surface area (Å²) >= 11 is 5.98. The summed E-state index contributed by atoms with van der Waals surface area (Å²) < 4.78 is 5.69. The average molecular weight is 245 g/mol. The van der Waals surface area contributed by atoms with Crippen LogP contribution in [0.25, 0.3) is 10.8 Å². The Bertz CT molecular complexity index is 629. The standard InChI is InChI=1S/C13H9ClN2O/c14-12-11-2-1-10(7-9(11)3-6-16-12)17-13(8-15)4-5-13/h1-3,6-7H,4-5H2. The quantitative estimate of drug-likeness (QED) is 0.762. The number of hydrogen-bond donors (Lipinski definition) is 0. The molecule has 1 heterocycles. The number of pyridine rings is 1. The van der Waals surface area contributed by atoms with E-state index in [0.717, 1.165) is 23.6 Å². The Morgan fingerprint density at radius 3 is 2.88 bits per heavy atom. The lowest BCUT2D eigenvalue weighted by atomic mass is 10.2. The van der Waals surface area contributed by atoms with Gasteiger partial charge >= 0.3 is 0 Å². The maximum atomic E-state index is 8.97. The van der Waals surface area contributed by atoms with E-state index in [4.69, 9.17) is 21.6 Å². The number of ether oxygens (including phenoxy) is 1. The van der Waals surface area contributed by atoms with E-state index in [1.54, 1.807) is 6.20 Å². The van der Waals surface area contributed by atoms with Crippen molar-refractivity contribution in [1.29, 1.82) is 5.26 Å². The molecule has 1 fully saturated rings. The Balaban J connectivity index is 2.00. The van der Waals surface area contributed by atoms with Gasteiger partial charge in [-0.2, -0.15) is 5.26 Å². The molecule has 1 aromatic carbocycles. The van der Waals surface area contributed by atoms with Gasteiger partial charge in [-0.15, -0.1) is 0 Å². The van der Waals surface area contributed by atoms with Gasteiger partial charge < -0.3 is 4.74 Å². The van der Waals surface area contributed by atoms with Gasteiger partial charge in [0.05, 0.1) is 0 Å². The zero-order valence-electron chi connectivity index (χ0n) is 8.98. The van der Waals surface area contributed by atoms with Crippen molar-refractivity contribution in [3.05, 3.63) is 35.6 Å². The second-order valence-electron chi connectivity index (χ2n) is 4.19. The van der Waals surface area contributed by atoms with Crippen molar-refractivity contribution >= 4 is 22.4 Å². The van der Waals surface area contributed by atoms with E-state index in [1.807, 2.05) is 24.3 Å². The monoisotopic (exact) mass is 244 g/mol. The molecule has 1 aliphatic carbocycles. The summed E-state index contributed by atoms with van der Waals surface area (Å²) in [5.41, 5.74) is -0.593. The van der Waals surface area contributed by atoms with Gasteiger partial charge in [0.1, 0.15) is 17.0 Å². The molecule has 0 aliphatic heterocycles. The number of nitrogens with zero attached hydrogens (tertiary/aromatic N) is 2. The summed E-state index contributed by atoms with van der Waals surface area (Å²) in [5, 5.41) is 11.3. The first-order valence-corrected chi connectivity index (χ1v) is 5.75. The zero-order chi connectivity index (χ0) is 11.9. The normalized spacial score (nSPS) is 16.5. The zero-order valence-corrected chi connectivity index (χ0v) is 9.74. The molecular formula is C13H9ClN2O. The highest BCUT2D eigenvalue weighted by Gasteiger charge is 2.46. The van der Waals surface area contributed by atoms with E-state index >= 15 is 0 Å². The molecule has 1 saturated carbocycles. The molecule has 0 spiro atoms. The summed E-state index contributed by atoms with van der Waals surface area (Å²) in [4.78, 5) is 4.01. The van der Waals surface area contributed by atoms with E-state index in [9.17, 15) is 0 Å². The number of hydrogen-bond acceptors (Lipinski definition) is 3. The molecule has 3 rings (SSSR count). The lowest BCUT2D eigenvalue weighted by molar-refractivity contribution is 0.237. The SMILES string of the molecule is N#CC1(Oc2ccc3c(Cl)nccc3c2)CC1. The summed E-state index contributed by atoms with van der Waals surface area (Å²) in [6.45, 7) is 0. The van der Waals surface area contributed by atoms with Crippen molar-refractivity contribution < 1.29 is 4.74 Å². The lowest BCUT2D eigenvalue weighted by Gasteiger charge is -2.11.